The van der Waals surface area contributed by atoms with Crippen molar-refractivity contribution in [2.75, 3.05) is 0 Å². The molecule has 134 valence electrons. The predicted octanol–water partition coefficient (Wildman–Crippen LogP) is 4.24. The Morgan fingerprint density at radius 1 is 1.17 bits per heavy atom. The largest absolute Gasteiger partial charge is 0.462 e. The van der Waals surface area contributed by atoms with E-state index in [2.05, 4.69) is 19.9 Å². The van der Waals surface area contributed by atoms with Crippen molar-refractivity contribution in [1.29, 1.82) is 0 Å². The molecule has 3 saturated carbocycles. The van der Waals surface area contributed by atoms with Crippen molar-refractivity contribution in [1.82, 2.24) is 0 Å². The summed E-state index contributed by atoms with van der Waals surface area (Å²) in [5, 5.41) is 10.5. The second kappa shape index (κ2) is 5.59. The minimum Gasteiger partial charge on any atom is -0.462 e. The Kier molecular flexibility index (Phi) is 3.87. The van der Waals surface area contributed by atoms with Gasteiger partial charge in [-0.05, 0) is 73.5 Å². The zero-order valence-electron chi connectivity index (χ0n) is 15.4. The molecule has 0 bridgehead atoms. The van der Waals surface area contributed by atoms with E-state index < -0.39 is 0 Å². The lowest BCUT2D eigenvalue weighted by atomic mass is 9.48. The predicted molar refractivity (Wildman–Crippen MR) is 93.3 cm³/mol. The standard InChI is InChI=1S/C21H32O3/c1-13(22)24-15-8-10-20(2)14(12-15)4-5-16-17-6-7-19(23)21(17,3)11-9-18(16)20/h4,15-19,23H,5-12H2,1-3H3/t15-,16-,17-,18+,19-,20-,21+/m0/s1. The number of carbonyl (C=O) groups excluding carboxylic acids is 1. The van der Waals surface area contributed by atoms with Gasteiger partial charge in [-0.1, -0.05) is 25.5 Å². The lowest BCUT2D eigenvalue weighted by Gasteiger charge is -2.57. The molecule has 4 aliphatic carbocycles. The molecule has 1 N–H and O–H groups in total. The summed E-state index contributed by atoms with van der Waals surface area (Å²) < 4.78 is 5.51. The first-order valence-electron chi connectivity index (χ1n) is 9.89. The van der Waals surface area contributed by atoms with Gasteiger partial charge < -0.3 is 9.84 Å². The first-order valence-corrected chi connectivity index (χ1v) is 9.89. The first kappa shape index (κ1) is 16.6. The zero-order chi connectivity index (χ0) is 17.1. The molecule has 0 aromatic heterocycles. The fourth-order valence-electron chi connectivity index (χ4n) is 6.94. The van der Waals surface area contributed by atoms with E-state index in [9.17, 15) is 9.90 Å². The van der Waals surface area contributed by atoms with Crippen LogP contribution in [0.5, 0.6) is 0 Å². The number of hydrogen-bond acceptors (Lipinski definition) is 3. The van der Waals surface area contributed by atoms with Gasteiger partial charge in [-0.25, -0.2) is 0 Å². The zero-order valence-corrected chi connectivity index (χ0v) is 15.4. The van der Waals surface area contributed by atoms with Crippen LogP contribution in [0.2, 0.25) is 0 Å². The number of ether oxygens (including phenoxy) is 1. The number of rotatable bonds is 1. The average molecular weight is 332 g/mol. The van der Waals surface area contributed by atoms with Crippen LogP contribution in [0, 0.1) is 28.6 Å². The molecule has 0 aromatic carbocycles. The third kappa shape index (κ3) is 2.30. The van der Waals surface area contributed by atoms with Gasteiger partial charge in [-0.15, -0.1) is 0 Å². The fraction of sp³-hybridized carbons (Fsp3) is 0.857. The maximum absolute atomic E-state index is 11.3. The van der Waals surface area contributed by atoms with Crippen LogP contribution < -0.4 is 0 Å². The van der Waals surface area contributed by atoms with Crippen LogP contribution >= 0.6 is 0 Å². The molecular formula is C21H32O3. The molecule has 0 unspecified atom stereocenters. The third-order valence-corrected chi connectivity index (χ3v) is 8.34. The lowest BCUT2D eigenvalue weighted by Crippen LogP contribution is -2.51. The van der Waals surface area contributed by atoms with Gasteiger partial charge in [0.2, 0.25) is 0 Å². The second-order valence-corrected chi connectivity index (χ2v) is 9.37. The number of carbonyl (C=O) groups is 1. The topological polar surface area (TPSA) is 46.5 Å². The van der Waals surface area contributed by atoms with Gasteiger partial charge >= 0.3 is 5.97 Å². The monoisotopic (exact) mass is 332 g/mol. The first-order chi connectivity index (χ1) is 11.3. The number of esters is 1. The molecular weight excluding hydrogens is 300 g/mol. The lowest BCUT2D eigenvalue weighted by molar-refractivity contribution is -0.148. The van der Waals surface area contributed by atoms with E-state index in [1.54, 1.807) is 5.57 Å². The summed E-state index contributed by atoms with van der Waals surface area (Å²) in [7, 11) is 0. The molecule has 24 heavy (non-hydrogen) atoms. The highest BCUT2D eigenvalue weighted by Gasteiger charge is 2.58. The number of hydrogen-bond donors (Lipinski definition) is 1. The van der Waals surface area contributed by atoms with E-state index in [-0.39, 0.29) is 29.0 Å². The van der Waals surface area contributed by atoms with E-state index in [1.807, 2.05) is 0 Å². The molecule has 4 rings (SSSR count). The molecule has 0 amide bonds. The molecule has 3 nitrogen and oxygen atoms in total. The fourth-order valence-corrected chi connectivity index (χ4v) is 6.94. The van der Waals surface area contributed by atoms with Crippen molar-refractivity contribution in [2.45, 2.75) is 84.3 Å². The Labute approximate surface area is 145 Å². The Balaban J connectivity index is 1.59. The maximum Gasteiger partial charge on any atom is 0.302 e. The normalized spacial score (nSPS) is 50.3. The molecule has 0 spiro atoms. The second-order valence-electron chi connectivity index (χ2n) is 9.37. The molecule has 0 aliphatic heterocycles. The average Bonchev–Trinajstić information content (AvgIpc) is 2.83. The highest BCUT2D eigenvalue weighted by Crippen LogP contribution is 2.64. The highest BCUT2D eigenvalue weighted by atomic mass is 16.5. The van der Waals surface area contributed by atoms with E-state index in [4.69, 9.17) is 4.74 Å². The number of aliphatic hydroxyl groups excluding tert-OH is 1. The van der Waals surface area contributed by atoms with Crippen LogP contribution in [0.1, 0.15) is 72.1 Å². The summed E-state index contributed by atoms with van der Waals surface area (Å²) in [4.78, 5) is 11.3. The molecule has 0 heterocycles. The highest BCUT2D eigenvalue weighted by molar-refractivity contribution is 5.66. The van der Waals surface area contributed by atoms with Crippen LogP contribution in [0.3, 0.4) is 0 Å². The van der Waals surface area contributed by atoms with Crippen LogP contribution in [-0.4, -0.2) is 23.3 Å². The Morgan fingerprint density at radius 2 is 1.96 bits per heavy atom. The van der Waals surface area contributed by atoms with E-state index in [0.717, 1.165) is 43.9 Å². The quantitative estimate of drug-likeness (QED) is 0.577. The molecule has 3 fully saturated rings. The molecule has 0 radical (unpaired) electrons. The van der Waals surface area contributed by atoms with Crippen molar-refractivity contribution in [3.63, 3.8) is 0 Å². The molecule has 7 atom stereocenters. The SMILES string of the molecule is CC(=O)O[C@H]1CC[C@@]2(C)C(=CC[C@@H]3[C@H]2CC[C@@]2(C)[C@@H](O)CC[C@@H]32)C1. The van der Waals surface area contributed by atoms with E-state index >= 15 is 0 Å². The summed E-state index contributed by atoms with van der Waals surface area (Å²) in [6.45, 7) is 6.32. The van der Waals surface area contributed by atoms with Gasteiger partial charge in [0.15, 0.2) is 0 Å². The van der Waals surface area contributed by atoms with Gasteiger partial charge in [0, 0.05) is 13.3 Å². The molecule has 0 aromatic rings. The van der Waals surface area contributed by atoms with Gasteiger partial charge in [-0.3, -0.25) is 4.79 Å². The number of allylic oxidation sites excluding steroid dienone is 1. The van der Waals surface area contributed by atoms with Crippen LogP contribution in [0.4, 0.5) is 0 Å². The minimum absolute atomic E-state index is 0.0838. The van der Waals surface area contributed by atoms with Crippen LogP contribution in [-0.2, 0) is 9.53 Å². The maximum atomic E-state index is 11.3. The van der Waals surface area contributed by atoms with Gasteiger partial charge in [0.1, 0.15) is 6.10 Å². The van der Waals surface area contributed by atoms with Gasteiger partial charge in [0.05, 0.1) is 6.10 Å². The Morgan fingerprint density at radius 3 is 2.71 bits per heavy atom. The smallest absolute Gasteiger partial charge is 0.302 e. The van der Waals surface area contributed by atoms with Crippen molar-refractivity contribution in [3.05, 3.63) is 11.6 Å². The van der Waals surface area contributed by atoms with Crippen molar-refractivity contribution < 1.29 is 14.6 Å². The van der Waals surface area contributed by atoms with Crippen LogP contribution in [0.15, 0.2) is 11.6 Å². The molecule has 4 aliphatic rings. The number of fused-ring (bicyclic) bond motifs is 5. The summed E-state index contributed by atoms with van der Waals surface area (Å²) in [6.07, 6.45) is 11.3. The summed E-state index contributed by atoms with van der Waals surface area (Å²) >= 11 is 0. The van der Waals surface area contributed by atoms with E-state index in [0.29, 0.717) is 5.92 Å². The summed E-state index contributed by atoms with van der Waals surface area (Å²) in [5.41, 5.74) is 1.98. The summed E-state index contributed by atoms with van der Waals surface area (Å²) in [6, 6.07) is 0. The summed E-state index contributed by atoms with van der Waals surface area (Å²) in [5.74, 6) is 2.03. The van der Waals surface area contributed by atoms with Gasteiger partial charge in [-0.2, -0.15) is 0 Å². The van der Waals surface area contributed by atoms with Crippen LogP contribution in [0.25, 0.3) is 0 Å². The Hall–Kier alpha value is -0.830. The van der Waals surface area contributed by atoms with Crippen molar-refractivity contribution >= 4 is 5.97 Å². The molecule has 0 saturated heterocycles. The van der Waals surface area contributed by atoms with Gasteiger partial charge in [0.25, 0.3) is 0 Å². The van der Waals surface area contributed by atoms with Crippen molar-refractivity contribution in [2.24, 2.45) is 28.6 Å². The number of aliphatic hydroxyl groups is 1. The molecule has 3 heteroatoms. The van der Waals surface area contributed by atoms with E-state index in [1.165, 1.54) is 26.2 Å². The van der Waals surface area contributed by atoms with Crippen molar-refractivity contribution in [3.8, 4) is 0 Å². The minimum atomic E-state index is -0.147. The third-order valence-electron chi connectivity index (χ3n) is 8.34. The Bertz CT molecular complexity index is 567.